The molecule has 4 aromatic carbocycles. The van der Waals surface area contributed by atoms with Crippen molar-refractivity contribution in [3.05, 3.63) is 119 Å². The van der Waals surface area contributed by atoms with Gasteiger partial charge in [0.25, 0.3) is 0 Å². The highest BCUT2D eigenvalue weighted by Crippen LogP contribution is 2.25. The first-order valence-corrected chi connectivity index (χ1v) is 16.9. The number of anilines is 2. The number of unbranched alkanes of at least 4 members (excludes halogenated alkanes) is 7. The zero-order chi connectivity index (χ0) is 33.4. The molecule has 0 unspecified atom stereocenters. The van der Waals surface area contributed by atoms with Gasteiger partial charge in [0.15, 0.2) is 5.78 Å². The topological polar surface area (TPSA) is 116 Å². The van der Waals surface area contributed by atoms with Crippen molar-refractivity contribution in [1.29, 1.82) is 0 Å². The molecule has 6 heteroatoms. The van der Waals surface area contributed by atoms with Crippen LogP contribution in [0.2, 0.25) is 0 Å². The van der Waals surface area contributed by atoms with Crippen molar-refractivity contribution < 1.29 is 19.4 Å². The number of aromatic carboxylic acids is 1. The zero-order valence-electron chi connectivity index (χ0n) is 27.5. The van der Waals surface area contributed by atoms with Gasteiger partial charge in [0, 0.05) is 16.9 Å². The van der Waals surface area contributed by atoms with E-state index in [0.717, 1.165) is 67.4 Å². The average Bonchev–Trinajstić information content (AvgIpc) is 3.08. The lowest BCUT2D eigenvalue weighted by Crippen LogP contribution is -2.07. The Morgan fingerprint density at radius 3 is 2.00 bits per heavy atom. The number of rotatable bonds is 19. The Morgan fingerprint density at radius 2 is 1.34 bits per heavy atom. The minimum absolute atomic E-state index is 0.0254. The molecule has 246 valence electrons. The van der Waals surface area contributed by atoms with Gasteiger partial charge in [-0.15, -0.1) is 0 Å². The number of allylic oxidation sites excluding steroid dienone is 1. The molecule has 0 atom stereocenters. The fourth-order valence-electron chi connectivity index (χ4n) is 5.70. The Labute approximate surface area is 279 Å². The van der Waals surface area contributed by atoms with Crippen LogP contribution < -0.4 is 16.2 Å². The molecule has 0 aliphatic heterocycles. The van der Waals surface area contributed by atoms with E-state index in [2.05, 4.69) is 31.2 Å². The number of benzene rings is 4. The number of carbonyl (C=O) groups is 2. The van der Waals surface area contributed by atoms with Crippen LogP contribution in [-0.2, 0) is 12.8 Å². The normalized spacial score (nSPS) is 11.2. The second kappa shape index (κ2) is 18.3. The van der Waals surface area contributed by atoms with E-state index in [1.54, 1.807) is 12.1 Å². The molecule has 47 heavy (non-hydrogen) atoms. The molecule has 4 aromatic rings. The van der Waals surface area contributed by atoms with Crippen LogP contribution in [0.25, 0.3) is 17.2 Å². The molecule has 0 aliphatic rings. The Kier molecular flexibility index (Phi) is 13.7. The predicted octanol–water partition coefficient (Wildman–Crippen LogP) is 9.81. The fourth-order valence-corrected chi connectivity index (χ4v) is 5.70. The Hall–Kier alpha value is -4.84. The standard InChI is InChI=1S/C41H48N2O4/c1-2-3-8-11-30-13-18-32(19-14-30)33-20-22-34(23-21-33)40(44)26-17-31-15-24-36(25-16-31)47-27-10-7-5-4-6-9-12-37-38(41(45)46)28-35(42)29-39(37)43/h13-26,28-29H,2-12,27,42-43H2,1H3,(H,45,46)/b26-17+. The van der Waals surface area contributed by atoms with Gasteiger partial charge in [0.1, 0.15) is 5.75 Å². The Bertz CT molecular complexity index is 1610. The van der Waals surface area contributed by atoms with Gasteiger partial charge in [-0.2, -0.15) is 0 Å². The number of ketones is 1. The van der Waals surface area contributed by atoms with Crippen molar-refractivity contribution in [3.63, 3.8) is 0 Å². The van der Waals surface area contributed by atoms with E-state index in [0.29, 0.717) is 35.5 Å². The summed E-state index contributed by atoms with van der Waals surface area (Å²) in [7, 11) is 0. The molecule has 6 nitrogen and oxygen atoms in total. The second-order valence-electron chi connectivity index (χ2n) is 12.2. The smallest absolute Gasteiger partial charge is 0.336 e. The summed E-state index contributed by atoms with van der Waals surface area (Å²) in [5.74, 6) is -0.205. The minimum atomic E-state index is -0.993. The monoisotopic (exact) mass is 632 g/mol. The maximum atomic E-state index is 12.8. The van der Waals surface area contributed by atoms with Crippen LogP contribution in [0.1, 0.15) is 102 Å². The van der Waals surface area contributed by atoms with E-state index in [4.69, 9.17) is 16.2 Å². The summed E-state index contributed by atoms with van der Waals surface area (Å²) in [4.78, 5) is 24.3. The van der Waals surface area contributed by atoms with Crippen molar-refractivity contribution in [2.24, 2.45) is 0 Å². The third-order valence-corrected chi connectivity index (χ3v) is 8.46. The first kappa shape index (κ1) is 35.0. The van der Waals surface area contributed by atoms with Crippen LogP contribution >= 0.6 is 0 Å². The molecule has 0 saturated heterocycles. The van der Waals surface area contributed by atoms with Crippen molar-refractivity contribution in [2.75, 3.05) is 18.1 Å². The minimum Gasteiger partial charge on any atom is -0.494 e. The lowest BCUT2D eigenvalue weighted by atomic mass is 9.98. The predicted molar refractivity (Wildman–Crippen MR) is 194 cm³/mol. The summed E-state index contributed by atoms with van der Waals surface area (Å²) in [5.41, 5.74) is 18.7. The van der Waals surface area contributed by atoms with Gasteiger partial charge in [0.05, 0.1) is 12.2 Å². The van der Waals surface area contributed by atoms with Crippen molar-refractivity contribution in [2.45, 2.75) is 77.6 Å². The van der Waals surface area contributed by atoms with Crippen LogP contribution in [-0.4, -0.2) is 23.5 Å². The number of hydrogen-bond donors (Lipinski definition) is 3. The molecule has 0 bridgehead atoms. The first-order valence-electron chi connectivity index (χ1n) is 16.9. The number of nitrogen functional groups attached to an aromatic ring is 2. The Morgan fingerprint density at radius 1 is 0.723 bits per heavy atom. The number of aryl methyl sites for hydroxylation is 1. The van der Waals surface area contributed by atoms with Crippen LogP contribution in [0.15, 0.2) is 91.0 Å². The van der Waals surface area contributed by atoms with E-state index in [1.807, 2.05) is 54.6 Å². The third-order valence-electron chi connectivity index (χ3n) is 8.46. The second-order valence-corrected chi connectivity index (χ2v) is 12.2. The highest BCUT2D eigenvalue weighted by molar-refractivity contribution is 6.07. The Balaban J connectivity index is 1.12. The molecule has 0 amide bonds. The average molecular weight is 633 g/mol. The largest absolute Gasteiger partial charge is 0.494 e. The summed E-state index contributed by atoms with van der Waals surface area (Å²) >= 11 is 0. The van der Waals surface area contributed by atoms with Gasteiger partial charge in [-0.05, 0) is 90.3 Å². The number of hydrogen-bond acceptors (Lipinski definition) is 5. The quantitative estimate of drug-likeness (QED) is 0.0410. The number of carboxylic acid groups (broad SMARTS) is 1. The highest BCUT2D eigenvalue weighted by Gasteiger charge is 2.14. The van der Waals surface area contributed by atoms with E-state index >= 15 is 0 Å². The lowest BCUT2D eigenvalue weighted by molar-refractivity contribution is 0.0695. The first-order chi connectivity index (χ1) is 22.8. The van der Waals surface area contributed by atoms with Gasteiger partial charge in [-0.1, -0.05) is 112 Å². The van der Waals surface area contributed by atoms with Crippen molar-refractivity contribution in [3.8, 4) is 16.9 Å². The molecule has 0 radical (unpaired) electrons. The van der Waals surface area contributed by atoms with Gasteiger partial charge >= 0.3 is 5.97 Å². The van der Waals surface area contributed by atoms with Crippen LogP contribution in [0.3, 0.4) is 0 Å². The maximum Gasteiger partial charge on any atom is 0.336 e. The number of nitrogens with two attached hydrogens (primary N) is 2. The van der Waals surface area contributed by atoms with E-state index < -0.39 is 5.97 Å². The van der Waals surface area contributed by atoms with Gasteiger partial charge in [-0.25, -0.2) is 4.79 Å². The van der Waals surface area contributed by atoms with Gasteiger partial charge in [-0.3, -0.25) is 4.79 Å². The SMILES string of the molecule is CCCCCc1ccc(-c2ccc(C(=O)/C=C/c3ccc(OCCCCCCCCc4c(N)cc(N)cc4C(=O)O)cc3)cc2)cc1. The van der Waals surface area contributed by atoms with Gasteiger partial charge in [0.2, 0.25) is 0 Å². The molecular weight excluding hydrogens is 584 g/mol. The van der Waals surface area contributed by atoms with Crippen LogP contribution in [0, 0.1) is 0 Å². The molecule has 0 aromatic heterocycles. The van der Waals surface area contributed by atoms with Crippen molar-refractivity contribution in [1.82, 2.24) is 0 Å². The number of carbonyl (C=O) groups excluding carboxylic acids is 1. The van der Waals surface area contributed by atoms with E-state index in [-0.39, 0.29) is 11.3 Å². The number of carboxylic acids is 1. The summed E-state index contributed by atoms with van der Waals surface area (Å²) < 4.78 is 5.91. The summed E-state index contributed by atoms with van der Waals surface area (Å²) in [6.45, 7) is 2.87. The zero-order valence-corrected chi connectivity index (χ0v) is 27.5. The molecule has 0 saturated carbocycles. The lowest BCUT2D eigenvalue weighted by Gasteiger charge is -2.11. The molecular formula is C41H48N2O4. The molecule has 0 spiro atoms. The number of ether oxygens (including phenoxy) is 1. The summed E-state index contributed by atoms with van der Waals surface area (Å²) in [5, 5.41) is 9.44. The molecule has 5 N–H and O–H groups in total. The summed E-state index contributed by atoms with van der Waals surface area (Å²) in [6, 6.07) is 27.4. The third kappa shape index (κ3) is 11.2. The fraction of sp³-hybridized carbons (Fsp3) is 0.317. The van der Waals surface area contributed by atoms with E-state index in [9.17, 15) is 14.7 Å². The van der Waals surface area contributed by atoms with Crippen LogP contribution in [0.5, 0.6) is 5.75 Å². The molecule has 0 fully saturated rings. The highest BCUT2D eigenvalue weighted by atomic mass is 16.5. The molecule has 0 aliphatic carbocycles. The van der Waals surface area contributed by atoms with Crippen molar-refractivity contribution >= 4 is 29.2 Å². The van der Waals surface area contributed by atoms with Gasteiger partial charge < -0.3 is 21.3 Å². The van der Waals surface area contributed by atoms with E-state index in [1.165, 1.54) is 30.9 Å². The maximum absolute atomic E-state index is 12.8. The molecule has 0 heterocycles. The molecule has 4 rings (SSSR count). The summed E-state index contributed by atoms with van der Waals surface area (Å²) in [6.07, 6.45) is 15.0. The van der Waals surface area contributed by atoms with Crippen LogP contribution in [0.4, 0.5) is 11.4 Å².